The fourth-order valence-electron chi connectivity index (χ4n) is 2.72. The average molecular weight is 545 g/mol. The lowest BCUT2D eigenvalue weighted by Crippen LogP contribution is -2.19. The number of rotatable bonds is 9. The summed E-state index contributed by atoms with van der Waals surface area (Å²) in [6.07, 6.45) is 1.52. The molecule has 1 N–H and O–H groups in total. The summed E-state index contributed by atoms with van der Waals surface area (Å²) >= 11 is 10.7. The molecule has 0 radical (unpaired) electrons. The second-order valence-electron chi connectivity index (χ2n) is 6.62. The van der Waals surface area contributed by atoms with Gasteiger partial charge in [0.1, 0.15) is 6.61 Å². The highest BCUT2D eigenvalue weighted by molar-refractivity contribution is 9.10. The van der Waals surface area contributed by atoms with Crippen LogP contribution in [0.2, 0.25) is 5.02 Å². The van der Waals surface area contributed by atoms with Gasteiger partial charge in [0.05, 0.1) is 30.7 Å². The molecule has 0 saturated carbocycles. The van der Waals surface area contributed by atoms with Crippen LogP contribution in [-0.4, -0.2) is 25.0 Å². The van der Waals surface area contributed by atoms with Crippen LogP contribution in [-0.2, 0) is 11.4 Å². The van der Waals surface area contributed by atoms with Gasteiger partial charge in [-0.05, 0) is 58.4 Å². The molecule has 0 aliphatic carbocycles. The van der Waals surface area contributed by atoms with Crippen LogP contribution in [0.1, 0.15) is 16.7 Å². The van der Waals surface area contributed by atoms with Crippen molar-refractivity contribution >= 4 is 51.4 Å². The van der Waals surface area contributed by atoms with Crippen LogP contribution < -0.4 is 14.9 Å². The van der Waals surface area contributed by atoms with Gasteiger partial charge in [-0.15, -0.1) is 11.8 Å². The molecule has 0 heterocycles. The smallest absolute Gasteiger partial charge is 0.250 e. The van der Waals surface area contributed by atoms with Gasteiger partial charge in [0, 0.05) is 25.5 Å². The number of carbonyl (C=O) groups is 1. The molecule has 0 aliphatic heterocycles. The number of benzene rings is 3. The Bertz CT molecular complexity index is 1200. The molecule has 3 aromatic carbocycles. The zero-order chi connectivity index (χ0) is 23.6. The van der Waals surface area contributed by atoms with Crippen LogP contribution in [0.3, 0.4) is 0 Å². The minimum absolute atomic E-state index is 0.223. The number of hydrogen-bond acceptors (Lipinski definition) is 6. The molecule has 0 aromatic heterocycles. The lowest BCUT2D eigenvalue weighted by Gasteiger charge is -2.13. The van der Waals surface area contributed by atoms with Crippen LogP contribution in [0.5, 0.6) is 11.5 Å². The van der Waals surface area contributed by atoms with E-state index in [9.17, 15) is 10.1 Å². The molecule has 1 amide bonds. The summed E-state index contributed by atoms with van der Waals surface area (Å²) in [5.41, 5.74) is 4.55. The van der Waals surface area contributed by atoms with Crippen molar-refractivity contribution in [3.63, 3.8) is 0 Å². The first-order valence-electron chi connectivity index (χ1n) is 9.68. The third-order valence-corrected chi connectivity index (χ3v) is 6.33. The van der Waals surface area contributed by atoms with Crippen LogP contribution >= 0.6 is 39.3 Å². The maximum Gasteiger partial charge on any atom is 0.250 e. The van der Waals surface area contributed by atoms with Crippen molar-refractivity contribution in [3.8, 4) is 17.6 Å². The van der Waals surface area contributed by atoms with E-state index in [0.717, 1.165) is 10.5 Å². The van der Waals surface area contributed by atoms with E-state index in [1.54, 1.807) is 30.3 Å². The van der Waals surface area contributed by atoms with Gasteiger partial charge < -0.3 is 9.47 Å². The SMILES string of the molecule is COc1cc(/C=N\NC(=O)CSc2ccc(Cl)cc2)c(Br)cc1OCc1ccccc1C#N. The van der Waals surface area contributed by atoms with E-state index >= 15 is 0 Å². The van der Waals surface area contributed by atoms with E-state index in [1.165, 1.54) is 25.1 Å². The number of amides is 1. The standard InChI is InChI=1S/C24H19BrClN3O3S/c1-31-22-10-18(13-28-29-24(30)15-33-20-8-6-19(26)7-9-20)21(25)11-23(22)32-14-17-5-3-2-4-16(17)12-27/h2-11,13H,14-15H2,1H3,(H,29,30)/b28-13-. The Labute approximate surface area is 209 Å². The fourth-order valence-corrected chi connectivity index (χ4v) is 3.96. The molecule has 6 nitrogen and oxygen atoms in total. The highest BCUT2D eigenvalue weighted by atomic mass is 79.9. The predicted octanol–water partition coefficient (Wildman–Crippen LogP) is 5.80. The average Bonchev–Trinajstić information content (AvgIpc) is 2.83. The van der Waals surface area contributed by atoms with Crippen LogP contribution in [0.25, 0.3) is 0 Å². The van der Waals surface area contributed by atoms with Gasteiger partial charge in [-0.25, -0.2) is 5.43 Å². The van der Waals surface area contributed by atoms with Gasteiger partial charge in [-0.3, -0.25) is 4.79 Å². The van der Waals surface area contributed by atoms with Crippen LogP contribution in [0, 0.1) is 11.3 Å². The topological polar surface area (TPSA) is 83.7 Å². The highest BCUT2D eigenvalue weighted by Crippen LogP contribution is 2.33. The molecule has 3 aromatic rings. The number of nitrogens with one attached hydrogen (secondary N) is 1. The predicted molar refractivity (Wildman–Crippen MR) is 134 cm³/mol. The second-order valence-corrected chi connectivity index (χ2v) is 8.96. The first-order valence-corrected chi connectivity index (χ1v) is 11.8. The van der Waals surface area contributed by atoms with E-state index in [0.29, 0.717) is 32.1 Å². The first-order chi connectivity index (χ1) is 16.0. The van der Waals surface area contributed by atoms with Crippen molar-refractivity contribution in [2.45, 2.75) is 11.5 Å². The molecule has 3 rings (SSSR count). The quantitative estimate of drug-likeness (QED) is 0.209. The zero-order valence-corrected chi connectivity index (χ0v) is 20.7. The van der Waals surface area contributed by atoms with Crippen molar-refractivity contribution in [1.29, 1.82) is 5.26 Å². The molecule has 33 heavy (non-hydrogen) atoms. The zero-order valence-electron chi connectivity index (χ0n) is 17.5. The molecular formula is C24H19BrClN3O3S. The number of hydrazone groups is 1. The van der Waals surface area contributed by atoms with E-state index in [2.05, 4.69) is 32.5 Å². The highest BCUT2D eigenvalue weighted by Gasteiger charge is 2.11. The van der Waals surface area contributed by atoms with Crippen molar-refractivity contribution in [3.05, 3.63) is 86.8 Å². The van der Waals surface area contributed by atoms with Crippen molar-refractivity contribution in [1.82, 2.24) is 5.43 Å². The number of ether oxygens (including phenoxy) is 2. The molecule has 0 fully saturated rings. The van der Waals surface area contributed by atoms with Gasteiger partial charge in [0.25, 0.3) is 0 Å². The lowest BCUT2D eigenvalue weighted by molar-refractivity contribution is -0.118. The number of carbonyl (C=O) groups excluding carboxylic acids is 1. The minimum Gasteiger partial charge on any atom is -0.493 e. The van der Waals surface area contributed by atoms with Crippen molar-refractivity contribution < 1.29 is 14.3 Å². The van der Waals surface area contributed by atoms with E-state index in [-0.39, 0.29) is 18.3 Å². The summed E-state index contributed by atoms with van der Waals surface area (Å²) in [6.45, 7) is 0.224. The molecule has 0 saturated heterocycles. The van der Waals surface area contributed by atoms with E-state index < -0.39 is 0 Å². The summed E-state index contributed by atoms with van der Waals surface area (Å²) in [5, 5.41) is 13.9. The van der Waals surface area contributed by atoms with Crippen LogP contribution in [0.4, 0.5) is 0 Å². The summed E-state index contributed by atoms with van der Waals surface area (Å²) in [4.78, 5) is 13.0. The molecule has 0 bridgehead atoms. The van der Waals surface area contributed by atoms with E-state index in [4.69, 9.17) is 21.1 Å². The normalized spacial score (nSPS) is 10.6. The Morgan fingerprint density at radius 1 is 1.21 bits per heavy atom. The molecular weight excluding hydrogens is 526 g/mol. The maximum absolute atomic E-state index is 12.1. The summed E-state index contributed by atoms with van der Waals surface area (Å²) < 4.78 is 12.0. The molecule has 0 unspecified atom stereocenters. The van der Waals surface area contributed by atoms with Gasteiger partial charge in [0.2, 0.25) is 5.91 Å². The molecule has 0 aliphatic rings. The molecule has 168 valence electrons. The summed E-state index contributed by atoms with van der Waals surface area (Å²) in [5.74, 6) is 1.00. The van der Waals surface area contributed by atoms with Crippen molar-refractivity contribution in [2.75, 3.05) is 12.9 Å². The Morgan fingerprint density at radius 2 is 1.97 bits per heavy atom. The first kappa shape index (κ1) is 24.6. The molecule has 0 spiro atoms. The maximum atomic E-state index is 12.1. The summed E-state index contributed by atoms with van der Waals surface area (Å²) in [6, 6.07) is 20.2. The molecule has 0 atom stereocenters. The monoisotopic (exact) mass is 543 g/mol. The number of methoxy groups -OCH3 is 1. The van der Waals surface area contributed by atoms with E-state index in [1.807, 2.05) is 30.3 Å². The Hall–Kier alpha value is -2.99. The number of nitrogens with zero attached hydrogens (tertiary/aromatic N) is 2. The van der Waals surface area contributed by atoms with Gasteiger partial charge in [-0.1, -0.05) is 29.8 Å². The lowest BCUT2D eigenvalue weighted by atomic mass is 10.1. The third kappa shape index (κ3) is 7.26. The molecule has 9 heteroatoms. The van der Waals surface area contributed by atoms with Crippen LogP contribution in [0.15, 0.2) is 75.1 Å². The third-order valence-electron chi connectivity index (χ3n) is 4.38. The largest absolute Gasteiger partial charge is 0.493 e. The van der Waals surface area contributed by atoms with Gasteiger partial charge in [0.15, 0.2) is 11.5 Å². The summed E-state index contributed by atoms with van der Waals surface area (Å²) in [7, 11) is 1.54. The number of thioether (sulfide) groups is 1. The minimum atomic E-state index is -0.231. The number of nitriles is 1. The number of hydrogen-bond donors (Lipinski definition) is 1. The van der Waals surface area contributed by atoms with Gasteiger partial charge >= 0.3 is 0 Å². The Morgan fingerprint density at radius 3 is 2.70 bits per heavy atom. The Balaban J connectivity index is 1.60. The Kier molecular flexibility index (Phi) is 9.19. The van der Waals surface area contributed by atoms with Crippen molar-refractivity contribution in [2.24, 2.45) is 5.10 Å². The number of halogens is 2. The van der Waals surface area contributed by atoms with Gasteiger partial charge in [-0.2, -0.15) is 10.4 Å². The second kappa shape index (κ2) is 12.3. The fraction of sp³-hybridized carbons (Fsp3) is 0.125.